The van der Waals surface area contributed by atoms with Gasteiger partial charge in [0.1, 0.15) is 6.61 Å². The van der Waals surface area contributed by atoms with Gasteiger partial charge in [0.15, 0.2) is 17.3 Å². The zero-order valence-corrected chi connectivity index (χ0v) is 21.4. The van der Waals surface area contributed by atoms with Crippen molar-refractivity contribution < 1.29 is 9.47 Å². The zero-order chi connectivity index (χ0) is 23.8. The average Bonchev–Trinajstić information content (AvgIpc) is 3.21. The van der Waals surface area contributed by atoms with E-state index in [0.717, 1.165) is 32.3 Å². The van der Waals surface area contributed by atoms with E-state index in [1.165, 1.54) is 5.56 Å². The van der Waals surface area contributed by atoms with E-state index in [-0.39, 0.29) is 0 Å². The minimum Gasteiger partial charge on any atom is -0.490 e. The molecule has 1 heterocycles. The Bertz CT molecular complexity index is 1240. The summed E-state index contributed by atoms with van der Waals surface area (Å²) < 4.78 is 14.6. The first-order chi connectivity index (χ1) is 16.6. The Morgan fingerprint density at radius 1 is 0.941 bits per heavy atom. The van der Waals surface area contributed by atoms with E-state index < -0.39 is 0 Å². The Labute approximate surface area is 212 Å². The van der Waals surface area contributed by atoms with Crippen molar-refractivity contribution >= 4 is 33.9 Å². The highest BCUT2D eigenvalue weighted by Gasteiger charge is 2.10. The molecule has 0 atom stereocenters. The lowest BCUT2D eigenvalue weighted by atomic mass is 10.2. The van der Waals surface area contributed by atoms with Crippen LogP contribution >= 0.6 is 27.7 Å². The summed E-state index contributed by atoms with van der Waals surface area (Å²) >= 11 is 5.06. The van der Waals surface area contributed by atoms with Gasteiger partial charge in [0, 0.05) is 10.2 Å². The monoisotopic (exact) mass is 536 g/mol. The summed E-state index contributed by atoms with van der Waals surface area (Å²) in [7, 11) is 0. The minimum absolute atomic E-state index is 0.461. The number of hydrogen-bond donors (Lipinski definition) is 0. The largest absolute Gasteiger partial charge is 0.490 e. The lowest BCUT2D eigenvalue weighted by Gasteiger charge is -2.13. The third-order valence-electron chi connectivity index (χ3n) is 4.88. The van der Waals surface area contributed by atoms with E-state index in [9.17, 15) is 0 Å². The second-order valence-electron chi connectivity index (χ2n) is 7.41. The maximum atomic E-state index is 6.02. The summed E-state index contributed by atoms with van der Waals surface area (Å²) in [6.45, 7) is 4.85. The highest BCUT2D eigenvalue weighted by atomic mass is 79.9. The van der Waals surface area contributed by atoms with Crippen molar-refractivity contribution in [1.29, 1.82) is 0 Å². The van der Waals surface area contributed by atoms with Gasteiger partial charge in [-0.25, -0.2) is 0 Å². The molecule has 0 N–H and O–H groups in total. The van der Waals surface area contributed by atoms with Crippen LogP contribution in [0.1, 0.15) is 29.4 Å². The molecule has 0 saturated carbocycles. The second-order valence-corrected chi connectivity index (χ2v) is 9.27. The molecule has 1 aromatic heterocycles. The molecule has 4 rings (SSSR count). The van der Waals surface area contributed by atoms with Crippen LogP contribution in [0.25, 0.3) is 0 Å². The fraction of sp³-hybridized carbons (Fsp3) is 0.192. The van der Waals surface area contributed by atoms with Gasteiger partial charge in [-0.2, -0.15) is 9.78 Å². The number of hydrogen-bond acceptors (Lipinski definition) is 6. The molecule has 0 spiro atoms. The maximum absolute atomic E-state index is 6.02. The van der Waals surface area contributed by atoms with Crippen molar-refractivity contribution in [3.05, 3.63) is 99.8 Å². The average molecular weight is 537 g/mol. The standard InChI is InChI=1S/C26H25BrN4O2S/c1-3-32-25-15-22(11-14-24(25)33-17-20-9-12-23(27)13-10-20)16-28-31-19(2)29-30-26(31)34-18-21-7-5-4-6-8-21/h4-16H,3,17-18H2,1-2H3/b28-16+. The summed E-state index contributed by atoms with van der Waals surface area (Å²) in [6.07, 6.45) is 1.78. The topological polar surface area (TPSA) is 61.5 Å². The van der Waals surface area contributed by atoms with E-state index >= 15 is 0 Å². The molecule has 174 valence electrons. The first kappa shape index (κ1) is 24.0. The normalized spacial score (nSPS) is 11.1. The van der Waals surface area contributed by atoms with E-state index in [1.54, 1.807) is 22.7 Å². The molecular weight excluding hydrogens is 512 g/mol. The number of aromatic nitrogens is 3. The summed E-state index contributed by atoms with van der Waals surface area (Å²) in [5, 5.41) is 13.8. The molecule has 3 aromatic carbocycles. The quantitative estimate of drug-likeness (QED) is 0.171. The van der Waals surface area contributed by atoms with Crippen molar-refractivity contribution in [2.45, 2.75) is 31.4 Å². The van der Waals surface area contributed by atoms with Crippen LogP contribution in [0.4, 0.5) is 0 Å². The smallest absolute Gasteiger partial charge is 0.212 e. The highest BCUT2D eigenvalue weighted by molar-refractivity contribution is 9.10. The van der Waals surface area contributed by atoms with Gasteiger partial charge in [0.25, 0.3) is 0 Å². The van der Waals surface area contributed by atoms with Crippen LogP contribution in [0.2, 0.25) is 0 Å². The van der Waals surface area contributed by atoms with Crippen molar-refractivity contribution in [2.75, 3.05) is 6.61 Å². The van der Waals surface area contributed by atoms with Crippen LogP contribution < -0.4 is 9.47 Å². The molecule has 34 heavy (non-hydrogen) atoms. The van der Waals surface area contributed by atoms with Crippen molar-refractivity contribution in [3.63, 3.8) is 0 Å². The van der Waals surface area contributed by atoms with Crippen LogP contribution in [0.15, 0.2) is 87.5 Å². The SMILES string of the molecule is CCOc1cc(/C=N/n2c(C)nnc2SCc2ccccc2)ccc1OCc1ccc(Br)cc1. The van der Waals surface area contributed by atoms with Gasteiger partial charge >= 0.3 is 0 Å². The number of benzene rings is 3. The van der Waals surface area contributed by atoms with Crippen molar-refractivity contribution in [2.24, 2.45) is 5.10 Å². The summed E-state index contributed by atoms with van der Waals surface area (Å²) in [4.78, 5) is 0. The van der Waals surface area contributed by atoms with Crippen LogP contribution in [-0.4, -0.2) is 27.7 Å². The first-order valence-corrected chi connectivity index (χ1v) is 12.7. The zero-order valence-electron chi connectivity index (χ0n) is 19.0. The number of aryl methyl sites for hydroxylation is 1. The van der Waals surface area contributed by atoms with Gasteiger partial charge in [-0.3, -0.25) is 0 Å². The fourth-order valence-corrected chi connectivity index (χ4v) is 4.29. The molecule has 0 aliphatic heterocycles. The lowest BCUT2D eigenvalue weighted by Crippen LogP contribution is -2.01. The Morgan fingerprint density at radius 3 is 2.50 bits per heavy atom. The van der Waals surface area contributed by atoms with Gasteiger partial charge in [0.05, 0.1) is 12.8 Å². The molecule has 0 amide bonds. The lowest BCUT2D eigenvalue weighted by molar-refractivity contribution is 0.269. The second kappa shape index (κ2) is 11.9. The molecule has 0 saturated heterocycles. The van der Waals surface area contributed by atoms with Crippen LogP contribution in [0, 0.1) is 6.92 Å². The molecule has 0 aliphatic rings. The van der Waals surface area contributed by atoms with Gasteiger partial charge in [-0.1, -0.05) is 70.2 Å². The van der Waals surface area contributed by atoms with Crippen LogP contribution in [-0.2, 0) is 12.4 Å². The van der Waals surface area contributed by atoms with E-state index in [0.29, 0.717) is 24.7 Å². The van der Waals surface area contributed by atoms with Gasteiger partial charge in [-0.15, -0.1) is 10.2 Å². The molecular formula is C26H25BrN4O2S. The number of thioether (sulfide) groups is 1. The predicted octanol–water partition coefficient (Wildman–Crippen LogP) is 6.50. The van der Waals surface area contributed by atoms with Crippen LogP contribution in [0.3, 0.4) is 0 Å². The molecule has 0 radical (unpaired) electrons. The van der Waals surface area contributed by atoms with Crippen molar-refractivity contribution in [1.82, 2.24) is 14.9 Å². The molecule has 0 bridgehead atoms. The molecule has 0 unspecified atom stereocenters. The predicted molar refractivity (Wildman–Crippen MR) is 140 cm³/mol. The summed E-state index contributed by atoms with van der Waals surface area (Å²) in [5.74, 6) is 2.91. The molecule has 6 nitrogen and oxygen atoms in total. The minimum atomic E-state index is 0.461. The highest BCUT2D eigenvalue weighted by Crippen LogP contribution is 2.29. The number of ether oxygens (including phenoxy) is 2. The number of halogens is 1. The molecule has 0 fully saturated rings. The fourth-order valence-electron chi connectivity index (χ4n) is 3.14. The Hall–Kier alpha value is -3.10. The number of nitrogens with zero attached hydrogens (tertiary/aromatic N) is 4. The Balaban J connectivity index is 1.47. The molecule has 8 heteroatoms. The Morgan fingerprint density at radius 2 is 1.74 bits per heavy atom. The summed E-state index contributed by atoms with van der Waals surface area (Å²) in [6, 6.07) is 24.1. The first-order valence-electron chi connectivity index (χ1n) is 10.9. The maximum Gasteiger partial charge on any atom is 0.212 e. The van der Waals surface area contributed by atoms with E-state index in [1.807, 2.05) is 74.5 Å². The van der Waals surface area contributed by atoms with E-state index in [4.69, 9.17) is 9.47 Å². The van der Waals surface area contributed by atoms with Crippen molar-refractivity contribution in [3.8, 4) is 11.5 Å². The van der Waals surface area contributed by atoms with Gasteiger partial charge in [-0.05, 0) is 60.9 Å². The molecule has 4 aromatic rings. The van der Waals surface area contributed by atoms with E-state index in [2.05, 4.69) is 43.4 Å². The molecule has 0 aliphatic carbocycles. The summed E-state index contributed by atoms with van der Waals surface area (Å²) in [5.41, 5.74) is 3.20. The third-order valence-corrected chi connectivity index (χ3v) is 6.40. The third kappa shape index (κ3) is 6.48. The number of rotatable bonds is 10. The Kier molecular flexibility index (Phi) is 8.38. The van der Waals surface area contributed by atoms with Gasteiger partial charge < -0.3 is 9.47 Å². The van der Waals surface area contributed by atoms with Crippen LogP contribution in [0.5, 0.6) is 11.5 Å². The van der Waals surface area contributed by atoms with Gasteiger partial charge in [0.2, 0.25) is 5.16 Å².